The molecule has 1 atom stereocenters. The van der Waals surface area contributed by atoms with E-state index in [9.17, 15) is 0 Å². The Bertz CT molecular complexity index is 476. The Morgan fingerprint density at radius 3 is 2.95 bits per heavy atom. The molecule has 1 N–H and O–H groups in total. The highest BCUT2D eigenvalue weighted by Gasteiger charge is 2.32. The van der Waals surface area contributed by atoms with Crippen molar-refractivity contribution in [3.63, 3.8) is 0 Å². The van der Waals surface area contributed by atoms with Crippen LogP contribution in [0.3, 0.4) is 0 Å². The van der Waals surface area contributed by atoms with E-state index in [2.05, 4.69) is 49.2 Å². The molecule has 3 nitrogen and oxygen atoms in total. The van der Waals surface area contributed by atoms with Gasteiger partial charge >= 0.3 is 0 Å². The van der Waals surface area contributed by atoms with E-state index in [1.165, 1.54) is 11.1 Å². The van der Waals surface area contributed by atoms with E-state index in [0.29, 0.717) is 6.04 Å². The van der Waals surface area contributed by atoms with Crippen molar-refractivity contribution in [2.45, 2.75) is 45.4 Å². The molecule has 2 heterocycles. The lowest BCUT2D eigenvalue weighted by atomic mass is 10.0. The summed E-state index contributed by atoms with van der Waals surface area (Å²) >= 11 is 0. The molecule has 0 spiro atoms. The molecule has 2 aliphatic rings. The van der Waals surface area contributed by atoms with Gasteiger partial charge in [0.05, 0.1) is 0 Å². The van der Waals surface area contributed by atoms with Crippen LogP contribution in [0.15, 0.2) is 18.2 Å². The fraction of sp³-hybridized carbons (Fsp3) is 0.625. The zero-order chi connectivity index (χ0) is 13.5. The summed E-state index contributed by atoms with van der Waals surface area (Å²) in [6.07, 6.45) is 1.02. The average molecular weight is 297 g/mol. The van der Waals surface area contributed by atoms with Crippen molar-refractivity contribution < 1.29 is 4.74 Å². The minimum Gasteiger partial charge on any atom is -0.487 e. The highest BCUT2D eigenvalue weighted by atomic mass is 35.5. The Hall–Kier alpha value is -0.770. The van der Waals surface area contributed by atoms with E-state index in [0.717, 1.165) is 38.3 Å². The Morgan fingerprint density at radius 2 is 2.20 bits per heavy atom. The van der Waals surface area contributed by atoms with Gasteiger partial charge in [-0.25, -0.2) is 0 Å². The smallest absolute Gasteiger partial charge is 0.127 e. The Kier molecular flexibility index (Phi) is 4.62. The summed E-state index contributed by atoms with van der Waals surface area (Å²) in [4.78, 5) is 2.52. The van der Waals surface area contributed by atoms with E-state index >= 15 is 0 Å². The number of halogens is 1. The summed E-state index contributed by atoms with van der Waals surface area (Å²) in [5.41, 5.74) is 2.66. The van der Waals surface area contributed by atoms with Gasteiger partial charge in [-0.15, -0.1) is 12.4 Å². The maximum Gasteiger partial charge on any atom is 0.127 e. The molecule has 1 saturated heterocycles. The summed E-state index contributed by atoms with van der Waals surface area (Å²) in [5.74, 6) is 1.14. The summed E-state index contributed by atoms with van der Waals surface area (Å²) in [7, 11) is 0. The number of rotatable bonds is 2. The lowest BCUT2D eigenvalue weighted by Gasteiger charge is -2.32. The maximum absolute atomic E-state index is 6.15. The van der Waals surface area contributed by atoms with E-state index in [1.54, 1.807) is 0 Å². The van der Waals surface area contributed by atoms with Crippen LogP contribution in [0.25, 0.3) is 0 Å². The third-order valence-corrected chi connectivity index (χ3v) is 4.02. The fourth-order valence-corrected chi connectivity index (χ4v) is 3.20. The van der Waals surface area contributed by atoms with Gasteiger partial charge < -0.3 is 10.1 Å². The van der Waals surface area contributed by atoms with Crippen molar-refractivity contribution in [3.8, 4) is 5.75 Å². The van der Waals surface area contributed by atoms with Gasteiger partial charge in [0.25, 0.3) is 0 Å². The molecule has 20 heavy (non-hydrogen) atoms. The summed E-state index contributed by atoms with van der Waals surface area (Å²) in [6.45, 7) is 10.9. The predicted octanol–water partition coefficient (Wildman–Crippen LogP) is 2.62. The van der Waals surface area contributed by atoms with E-state index in [1.807, 2.05) is 0 Å². The second kappa shape index (κ2) is 5.92. The molecule has 0 radical (unpaired) electrons. The standard InChI is InChI=1S/C16H24N2O.ClH/c1-12-10-18(8-7-17-12)11-14-6-4-5-13-9-16(2,3)19-15(13)14;/h4-6,12,17H,7-11H2,1-3H3;1H/t12-;/m1./s1. The normalized spacial score (nSPS) is 24.6. The molecule has 0 bridgehead atoms. The molecule has 2 aliphatic heterocycles. The number of hydrogen-bond donors (Lipinski definition) is 1. The average Bonchev–Trinajstić information content (AvgIpc) is 2.64. The Labute approximate surface area is 128 Å². The van der Waals surface area contributed by atoms with Crippen molar-refractivity contribution in [2.24, 2.45) is 0 Å². The van der Waals surface area contributed by atoms with E-state index in [-0.39, 0.29) is 18.0 Å². The lowest BCUT2D eigenvalue weighted by molar-refractivity contribution is 0.133. The first kappa shape index (κ1) is 15.6. The predicted molar refractivity (Wildman–Crippen MR) is 84.8 cm³/mol. The molecule has 1 aromatic carbocycles. The van der Waals surface area contributed by atoms with Gasteiger partial charge in [0, 0.05) is 44.2 Å². The summed E-state index contributed by atoms with van der Waals surface area (Å²) in [6, 6.07) is 7.17. The van der Waals surface area contributed by atoms with Crippen LogP contribution in [0.4, 0.5) is 0 Å². The Morgan fingerprint density at radius 1 is 1.40 bits per heavy atom. The third-order valence-electron chi connectivity index (χ3n) is 4.02. The fourth-order valence-electron chi connectivity index (χ4n) is 3.20. The number of ether oxygens (including phenoxy) is 1. The number of para-hydroxylation sites is 1. The quantitative estimate of drug-likeness (QED) is 0.908. The van der Waals surface area contributed by atoms with Gasteiger partial charge in [-0.1, -0.05) is 18.2 Å². The largest absolute Gasteiger partial charge is 0.487 e. The zero-order valence-electron chi connectivity index (χ0n) is 12.6. The number of hydrogen-bond acceptors (Lipinski definition) is 3. The highest BCUT2D eigenvalue weighted by molar-refractivity contribution is 5.85. The van der Waals surface area contributed by atoms with Crippen LogP contribution in [-0.2, 0) is 13.0 Å². The maximum atomic E-state index is 6.15. The number of fused-ring (bicyclic) bond motifs is 1. The number of nitrogens with zero attached hydrogens (tertiary/aromatic N) is 1. The molecule has 0 aliphatic carbocycles. The van der Waals surface area contributed by atoms with Gasteiger partial charge in [-0.3, -0.25) is 4.90 Å². The van der Waals surface area contributed by atoms with Crippen LogP contribution in [0.5, 0.6) is 5.75 Å². The summed E-state index contributed by atoms with van der Waals surface area (Å²) < 4.78 is 6.15. The van der Waals surface area contributed by atoms with Crippen LogP contribution in [-0.4, -0.2) is 36.2 Å². The number of piperazine rings is 1. The van der Waals surface area contributed by atoms with Crippen LogP contribution in [0, 0.1) is 0 Å². The molecule has 0 aromatic heterocycles. The SMILES string of the molecule is C[C@@H]1CN(Cc2cccc3c2OC(C)(C)C3)CCN1.Cl. The molecule has 0 unspecified atom stereocenters. The first-order valence-electron chi connectivity index (χ1n) is 7.29. The topological polar surface area (TPSA) is 24.5 Å². The third kappa shape index (κ3) is 3.27. The van der Waals surface area contributed by atoms with Gasteiger partial charge in [-0.05, 0) is 26.3 Å². The van der Waals surface area contributed by atoms with Gasteiger partial charge in [0.15, 0.2) is 0 Å². The van der Waals surface area contributed by atoms with Gasteiger partial charge in [-0.2, -0.15) is 0 Å². The first-order valence-corrected chi connectivity index (χ1v) is 7.29. The van der Waals surface area contributed by atoms with Crippen molar-refractivity contribution in [1.29, 1.82) is 0 Å². The van der Waals surface area contributed by atoms with Crippen molar-refractivity contribution >= 4 is 12.4 Å². The van der Waals surface area contributed by atoms with Gasteiger partial charge in [0.2, 0.25) is 0 Å². The molecule has 1 aromatic rings. The van der Waals surface area contributed by atoms with Crippen LogP contribution < -0.4 is 10.1 Å². The first-order chi connectivity index (χ1) is 9.03. The minimum absolute atomic E-state index is 0. The second-order valence-corrected chi connectivity index (χ2v) is 6.53. The molecular formula is C16H25ClN2O. The number of benzene rings is 1. The van der Waals surface area contributed by atoms with E-state index in [4.69, 9.17) is 4.74 Å². The molecule has 112 valence electrons. The van der Waals surface area contributed by atoms with Crippen molar-refractivity contribution in [3.05, 3.63) is 29.3 Å². The molecule has 3 rings (SSSR count). The molecular weight excluding hydrogens is 272 g/mol. The molecule has 4 heteroatoms. The molecule has 0 amide bonds. The lowest BCUT2D eigenvalue weighted by Crippen LogP contribution is -2.48. The zero-order valence-corrected chi connectivity index (χ0v) is 13.4. The van der Waals surface area contributed by atoms with Crippen molar-refractivity contribution in [2.75, 3.05) is 19.6 Å². The highest BCUT2D eigenvalue weighted by Crippen LogP contribution is 2.38. The summed E-state index contributed by atoms with van der Waals surface area (Å²) in [5, 5.41) is 3.49. The van der Waals surface area contributed by atoms with Crippen LogP contribution >= 0.6 is 12.4 Å². The van der Waals surface area contributed by atoms with E-state index < -0.39 is 0 Å². The molecule has 0 saturated carbocycles. The van der Waals surface area contributed by atoms with Crippen molar-refractivity contribution in [1.82, 2.24) is 10.2 Å². The van der Waals surface area contributed by atoms with Crippen LogP contribution in [0.1, 0.15) is 31.9 Å². The minimum atomic E-state index is -0.0464. The number of nitrogens with one attached hydrogen (secondary N) is 1. The van der Waals surface area contributed by atoms with Gasteiger partial charge in [0.1, 0.15) is 11.4 Å². The monoisotopic (exact) mass is 296 g/mol. The molecule has 1 fully saturated rings. The van der Waals surface area contributed by atoms with Crippen LogP contribution in [0.2, 0.25) is 0 Å². The second-order valence-electron chi connectivity index (χ2n) is 6.53. The Balaban J connectivity index is 0.00000147.